The number of ether oxygens (including phenoxy) is 1. The number of hydrogen-bond donors (Lipinski definition) is 0. The lowest BCUT2D eigenvalue weighted by Crippen LogP contribution is -2.08. The lowest BCUT2D eigenvalue weighted by Gasteiger charge is -2.21. The van der Waals surface area contributed by atoms with Crippen molar-refractivity contribution in [3.8, 4) is 11.5 Å². The summed E-state index contributed by atoms with van der Waals surface area (Å²) < 4.78 is 58.6. The third-order valence-corrected chi connectivity index (χ3v) is 7.90. The molecule has 0 saturated heterocycles. The number of hydrogen-bond acceptors (Lipinski definition) is 7. The van der Waals surface area contributed by atoms with E-state index in [9.17, 15) is 26.4 Å². The van der Waals surface area contributed by atoms with E-state index in [4.69, 9.17) is 4.74 Å². The molecule has 3 rings (SSSR count). The Morgan fingerprint density at radius 2 is 1.09 bits per heavy atom. The van der Waals surface area contributed by atoms with Gasteiger partial charge in [-0.2, -0.15) is 0 Å². The van der Waals surface area contributed by atoms with E-state index >= 15 is 0 Å². The maximum absolute atomic E-state index is 12.5. The number of ketones is 2. The topological polar surface area (TPSA) is 126 Å². The summed E-state index contributed by atoms with van der Waals surface area (Å²) in [6, 6.07) is 15.0. The highest BCUT2D eigenvalue weighted by molar-refractivity contribution is 8.12. The van der Waals surface area contributed by atoms with Crippen molar-refractivity contribution in [1.82, 2.24) is 0 Å². The number of aryl methyl sites for hydroxylation is 1. The van der Waals surface area contributed by atoms with Gasteiger partial charge in [-0.15, -0.1) is 0 Å². The lowest BCUT2D eigenvalue weighted by atomic mass is 10.0. The maximum Gasteiger partial charge on any atom is 0.159 e. The fourth-order valence-electron chi connectivity index (χ4n) is 2.81. The van der Waals surface area contributed by atoms with E-state index in [1.165, 1.54) is 56.3 Å². The van der Waals surface area contributed by atoms with Crippen LogP contribution in [0.1, 0.15) is 40.1 Å². The van der Waals surface area contributed by atoms with Crippen molar-refractivity contribution < 1.29 is 31.2 Å². The van der Waals surface area contributed by atoms with E-state index in [1.54, 1.807) is 19.1 Å². The second-order valence-corrected chi connectivity index (χ2v) is 10.7. The first-order chi connectivity index (χ1) is 15.4. The van der Waals surface area contributed by atoms with Gasteiger partial charge in [0.2, 0.25) is 0 Å². The minimum absolute atomic E-state index is 0.213. The summed E-state index contributed by atoms with van der Waals surface area (Å²) in [5.74, 6) is -0.0673. The highest BCUT2D eigenvalue weighted by Crippen LogP contribution is 2.29. The number of Topliss-reactive ketones (excluding diaryl/α,β-unsaturated/α-hetero) is 2. The highest BCUT2D eigenvalue weighted by Gasteiger charge is 2.14. The molecule has 0 saturated carbocycles. The SMILES string of the molecule is CC(=O)c1cc(Oc2ccc(S(=O)(=O)[N-]S(=O)(=O)c3ccc(C)cc3)cc2)cc(C(C)=O)c1. The van der Waals surface area contributed by atoms with Crippen LogP contribution in [0.2, 0.25) is 0 Å². The molecule has 0 aliphatic carbocycles. The zero-order valence-corrected chi connectivity index (χ0v) is 19.6. The molecule has 0 aliphatic rings. The maximum atomic E-state index is 12.5. The third kappa shape index (κ3) is 5.92. The van der Waals surface area contributed by atoms with E-state index in [0.717, 1.165) is 17.7 Å². The average Bonchev–Trinajstić information content (AvgIpc) is 2.73. The van der Waals surface area contributed by atoms with Crippen molar-refractivity contribution in [2.24, 2.45) is 0 Å². The molecule has 0 radical (unpaired) electrons. The number of carbonyl (C=O) groups is 2. The van der Waals surface area contributed by atoms with Crippen molar-refractivity contribution in [2.75, 3.05) is 0 Å². The molecule has 3 aromatic rings. The average molecular weight is 487 g/mol. The van der Waals surface area contributed by atoms with Gasteiger partial charge in [-0.3, -0.25) is 9.59 Å². The predicted octanol–water partition coefficient (Wildman–Crippen LogP) is 4.64. The summed E-state index contributed by atoms with van der Waals surface area (Å²) in [6.07, 6.45) is 0. The van der Waals surface area contributed by atoms with Crippen molar-refractivity contribution in [1.29, 1.82) is 0 Å². The highest BCUT2D eigenvalue weighted by atomic mass is 32.3. The van der Waals surface area contributed by atoms with Gasteiger partial charge in [0.05, 0.1) is 0 Å². The third-order valence-electron chi connectivity index (χ3n) is 4.59. The fraction of sp³-hybridized carbons (Fsp3) is 0.130. The zero-order chi connectivity index (χ0) is 24.4. The Morgan fingerprint density at radius 1 is 0.667 bits per heavy atom. The van der Waals surface area contributed by atoms with Crippen molar-refractivity contribution in [3.05, 3.63) is 87.5 Å². The standard InChI is InChI=1S/C23H20NO7S2/c1-15-4-8-22(9-5-15)32(27,28)24-33(29,30)23-10-6-20(7-11-23)31-21-13-18(16(2)25)12-19(14-21)17(3)26/h4-14H,1-3H3/q-1. The van der Waals surface area contributed by atoms with Gasteiger partial charge in [-0.25, -0.2) is 16.8 Å². The minimum Gasteiger partial charge on any atom is -0.457 e. The van der Waals surface area contributed by atoms with Crippen LogP contribution in [0.3, 0.4) is 0 Å². The van der Waals surface area contributed by atoms with Crippen LogP contribution < -0.4 is 4.74 Å². The van der Waals surface area contributed by atoms with E-state index in [1.807, 2.05) is 0 Å². The number of sulfonamides is 2. The monoisotopic (exact) mass is 486 g/mol. The number of carbonyl (C=O) groups excluding carboxylic acids is 2. The van der Waals surface area contributed by atoms with E-state index in [2.05, 4.69) is 4.13 Å². The van der Waals surface area contributed by atoms with E-state index in [0.29, 0.717) is 0 Å². The van der Waals surface area contributed by atoms with Crippen LogP contribution >= 0.6 is 0 Å². The molecule has 0 atom stereocenters. The molecule has 0 fully saturated rings. The Kier molecular flexibility index (Phi) is 6.82. The number of rotatable bonds is 8. The summed E-state index contributed by atoms with van der Waals surface area (Å²) in [7, 11) is -8.94. The molecule has 0 unspecified atom stereocenters. The molecule has 3 aromatic carbocycles. The Morgan fingerprint density at radius 3 is 1.52 bits per heavy atom. The second-order valence-electron chi connectivity index (χ2n) is 7.27. The molecule has 10 heteroatoms. The first-order valence-corrected chi connectivity index (χ1v) is 12.5. The Bertz CT molecular complexity index is 1390. The van der Waals surface area contributed by atoms with Crippen LogP contribution in [-0.2, 0) is 20.0 Å². The van der Waals surface area contributed by atoms with E-state index in [-0.39, 0.29) is 44.0 Å². The Balaban J connectivity index is 1.83. The van der Waals surface area contributed by atoms with Gasteiger partial charge >= 0.3 is 0 Å². The summed E-state index contributed by atoms with van der Waals surface area (Å²) in [5, 5.41) is 0. The van der Waals surface area contributed by atoms with Gasteiger partial charge in [0.1, 0.15) is 31.5 Å². The molecule has 0 aromatic heterocycles. The van der Waals surface area contributed by atoms with Gasteiger partial charge in [-0.05, 0) is 75.4 Å². The molecule has 0 bridgehead atoms. The predicted molar refractivity (Wildman–Crippen MR) is 122 cm³/mol. The van der Waals surface area contributed by atoms with E-state index < -0.39 is 20.0 Å². The quantitative estimate of drug-likeness (QED) is 0.424. The molecule has 0 amide bonds. The molecule has 0 aliphatic heterocycles. The summed E-state index contributed by atoms with van der Waals surface area (Å²) >= 11 is 0. The second kappa shape index (κ2) is 9.26. The van der Waals surface area contributed by atoms with Crippen LogP contribution in [0, 0.1) is 6.92 Å². The first-order valence-electron chi connectivity index (χ1n) is 9.63. The van der Waals surface area contributed by atoms with Gasteiger partial charge in [0, 0.05) is 20.9 Å². The number of benzene rings is 3. The zero-order valence-electron chi connectivity index (χ0n) is 18.0. The number of nitrogens with zero attached hydrogens (tertiary/aromatic N) is 1. The van der Waals surface area contributed by atoms with Crippen LogP contribution in [0.5, 0.6) is 11.5 Å². The van der Waals surface area contributed by atoms with Crippen molar-refractivity contribution in [3.63, 3.8) is 0 Å². The Hall–Kier alpha value is -3.34. The normalized spacial score (nSPS) is 11.7. The molecule has 8 nitrogen and oxygen atoms in total. The molecular formula is C23H20NO7S2-. The largest absolute Gasteiger partial charge is 0.457 e. The lowest BCUT2D eigenvalue weighted by molar-refractivity contribution is 0.101. The van der Waals surface area contributed by atoms with Gasteiger partial charge in [0.25, 0.3) is 0 Å². The molecule has 0 spiro atoms. The van der Waals surface area contributed by atoms with Crippen LogP contribution in [-0.4, -0.2) is 28.4 Å². The molecule has 33 heavy (non-hydrogen) atoms. The van der Waals surface area contributed by atoms with Crippen molar-refractivity contribution in [2.45, 2.75) is 30.6 Å². The van der Waals surface area contributed by atoms with Gasteiger partial charge < -0.3 is 8.86 Å². The van der Waals surface area contributed by atoms with Gasteiger partial charge in [0.15, 0.2) is 11.6 Å². The molecule has 0 N–H and O–H groups in total. The summed E-state index contributed by atoms with van der Waals surface area (Å²) in [4.78, 5) is 22.9. The van der Waals surface area contributed by atoms with Crippen LogP contribution in [0.4, 0.5) is 0 Å². The first kappa shape index (κ1) is 24.3. The fourth-order valence-corrected chi connectivity index (χ4v) is 5.49. The van der Waals surface area contributed by atoms with Gasteiger partial charge in [-0.1, -0.05) is 17.7 Å². The van der Waals surface area contributed by atoms with Crippen LogP contribution in [0.15, 0.2) is 76.5 Å². The summed E-state index contributed by atoms with van der Waals surface area (Å²) in [5.41, 5.74) is 1.39. The molecule has 0 heterocycles. The Labute approximate surface area is 192 Å². The molecular weight excluding hydrogens is 466 g/mol. The molecule has 172 valence electrons. The smallest absolute Gasteiger partial charge is 0.159 e. The minimum atomic E-state index is -4.51. The van der Waals surface area contributed by atoms with Crippen LogP contribution in [0.25, 0.3) is 4.13 Å². The summed E-state index contributed by atoms with van der Waals surface area (Å²) in [6.45, 7) is 4.48. The van der Waals surface area contributed by atoms with Crippen molar-refractivity contribution >= 4 is 31.6 Å².